The lowest BCUT2D eigenvalue weighted by Gasteiger charge is -2.36. The molecule has 30 heavy (non-hydrogen) atoms. The monoisotopic (exact) mass is 402 g/mol. The molecule has 0 spiro atoms. The Morgan fingerprint density at radius 1 is 0.800 bits per heavy atom. The van der Waals surface area contributed by atoms with Crippen LogP contribution in [0.4, 0.5) is 0 Å². The van der Waals surface area contributed by atoms with Crippen molar-refractivity contribution < 1.29 is 14.9 Å². The van der Waals surface area contributed by atoms with Crippen LogP contribution in [0.15, 0.2) is 104 Å². The molecule has 2 N–H and O–H groups in total. The fraction of sp³-hybridized carbons (Fsp3) is 0.259. The summed E-state index contributed by atoms with van der Waals surface area (Å²) in [6, 6.07) is 30.3. The van der Waals surface area contributed by atoms with Crippen LogP contribution in [-0.2, 0) is 10.3 Å². The molecule has 0 unspecified atom stereocenters. The molecule has 0 heterocycles. The van der Waals surface area contributed by atoms with E-state index in [4.69, 9.17) is 4.74 Å². The van der Waals surface area contributed by atoms with Gasteiger partial charge in [0.2, 0.25) is 0 Å². The lowest BCUT2D eigenvalue weighted by atomic mass is 9.80. The predicted molar refractivity (Wildman–Crippen MR) is 121 cm³/mol. The average molecular weight is 403 g/mol. The van der Waals surface area contributed by atoms with Crippen LogP contribution in [0.5, 0.6) is 0 Å². The zero-order valence-corrected chi connectivity index (χ0v) is 17.2. The summed E-state index contributed by atoms with van der Waals surface area (Å²) in [5, 5.41) is 20.3. The van der Waals surface area contributed by atoms with Crippen molar-refractivity contribution in [3.05, 3.63) is 120 Å². The van der Waals surface area contributed by atoms with Crippen molar-refractivity contribution in [2.45, 2.75) is 24.5 Å². The molecule has 0 saturated heterocycles. The molecule has 0 aliphatic carbocycles. The van der Waals surface area contributed by atoms with Crippen molar-refractivity contribution >= 4 is 0 Å². The Bertz CT molecular complexity index is 781. The SMILES string of the molecule is C=CC[C@H](CO)C[C@H](O)COC(c1ccccc1)(c1ccccc1)c1ccccc1. The molecule has 3 aromatic rings. The second kappa shape index (κ2) is 10.9. The van der Waals surface area contributed by atoms with Gasteiger partial charge in [0.25, 0.3) is 0 Å². The zero-order valence-electron chi connectivity index (χ0n) is 17.2. The van der Waals surface area contributed by atoms with Gasteiger partial charge < -0.3 is 14.9 Å². The minimum atomic E-state index is -0.849. The third kappa shape index (κ3) is 5.06. The minimum absolute atomic E-state index is 0.0181. The van der Waals surface area contributed by atoms with Crippen LogP contribution in [-0.4, -0.2) is 29.5 Å². The molecule has 0 amide bonds. The van der Waals surface area contributed by atoms with Crippen molar-refractivity contribution in [1.82, 2.24) is 0 Å². The Morgan fingerprint density at radius 3 is 1.60 bits per heavy atom. The lowest BCUT2D eigenvalue weighted by Crippen LogP contribution is -2.36. The first-order chi connectivity index (χ1) is 14.7. The number of aliphatic hydroxyl groups excluding tert-OH is 2. The molecule has 0 radical (unpaired) electrons. The van der Waals surface area contributed by atoms with E-state index in [1.165, 1.54) is 0 Å². The quantitative estimate of drug-likeness (QED) is 0.353. The molecule has 3 rings (SSSR count). The molecule has 156 valence electrons. The fourth-order valence-electron chi connectivity index (χ4n) is 3.92. The maximum Gasteiger partial charge on any atom is 0.143 e. The molecule has 3 heteroatoms. The summed E-state index contributed by atoms with van der Waals surface area (Å²) >= 11 is 0. The third-order valence-electron chi connectivity index (χ3n) is 5.40. The van der Waals surface area contributed by atoms with Gasteiger partial charge in [0.1, 0.15) is 5.60 Å². The highest BCUT2D eigenvalue weighted by atomic mass is 16.5. The van der Waals surface area contributed by atoms with Crippen molar-refractivity contribution in [2.24, 2.45) is 5.92 Å². The van der Waals surface area contributed by atoms with Gasteiger partial charge in [-0.15, -0.1) is 6.58 Å². The van der Waals surface area contributed by atoms with Crippen molar-refractivity contribution in [2.75, 3.05) is 13.2 Å². The van der Waals surface area contributed by atoms with E-state index in [1.807, 2.05) is 54.6 Å². The number of allylic oxidation sites excluding steroid dienone is 1. The second-order valence-corrected chi connectivity index (χ2v) is 7.55. The van der Waals surface area contributed by atoms with Crippen molar-refractivity contribution in [1.29, 1.82) is 0 Å². The molecular weight excluding hydrogens is 372 g/mol. The summed E-state index contributed by atoms with van der Waals surface area (Å²) in [5.74, 6) is -0.0272. The lowest BCUT2D eigenvalue weighted by molar-refractivity contribution is -0.0459. The van der Waals surface area contributed by atoms with Gasteiger partial charge >= 0.3 is 0 Å². The van der Waals surface area contributed by atoms with Gasteiger partial charge in [0, 0.05) is 6.61 Å². The Labute approximate surface area is 179 Å². The Morgan fingerprint density at radius 2 is 1.23 bits per heavy atom. The number of benzene rings is 3. The van der Waals surface area contributed by atoms with Gasteiger partial charge in [-0.05, 0) is 35.4 Å². The van der Waals surface area contributed by atoms with E-state index in [-0.39, 0.29) is 19.1 Å². The molecule has 0 aliphatic heterocycles. The third-order valence-corrected chi connectivity index (χ3v) is 5.40. The standard InChI is InChI=1S/C27H30O3/c1-2-12-22(20-28)19-26(29)21-30-27(23-13-6-3-7-14-23,24-15-8-4-9-16-24)25-17-10-5-11-18-25/h2-11,13-18,22,26,28-29H,1,12,19-21H2/t22-,26-/m0/s1. The summed E-state index contributed by atoms with van der Waals surface area (Å²) in [5.41, 5.74) is 2.15. The van der Waals surface area contributed by atoms with E-state index in [9.17, 15) is 10.2 Å². The molecular formula is C27H30O3. The first kappa shape index (κ1) is 22.0. The first-order valence-corrected chi connectivity index (χ1v) is 10.4. The number of hydrogen-bond acceptors (Lipinski definition) is 3. The maximum atomic E-state index is 10.7. The Hall–Kier alpha value is -2.72. The van der Waals surface area contributed by atoms with Crippen molar-refractivity contribution in [3.63, 3.8) is 0 Å². The molecule has 3 aromatic carbocycles. The summed E-state index contributed by atoms with van der Waals surface area (Å²) in [7, 11) is 0. The zero-order chi connectivity index (χ0) is 21.2. The van der Waals surface area contributed by atoms with Crippen LogP contribution < -0.4 is 0 Å². The van der Waals surface area contributed by atoms with E-state index in [0.29, 0.717) is 12.8 Å². The van der Waals surface area contributed by atoms with E-state index in [2.05, 4.69) is 43.0 Å². The highest BCUT2D eigenvalue weighted by Gasteiger charge is 2.38. The number of aliphatic hydroxyl groups is 2. The van der Waals surface area contributed by atoms with Gasteiger partial charge in [-0.1, -0.05) is 97.1 Å². The predicted octanol–water partition coefficient (Wildman–Crippen LogP) is 4.93. The van der Waals surface area contributed by atoms with Gasteiger partial charge in [0.15, 0.2) is 0 Å². The van der Waals surface area contributed by atoms with Crippen LogP contribution in [0, 0.1) is 5.92 Å². The Balaban J connectivity index is 2.00. The van der Waals surface area contributed by atoms with Gasteiger partial charge in [-0.25, -0.2) is 0 Å². The van der Waals surface area contributed by atoms with Crippen LogP contribution in [0.1, 0.15) is 29.5 Å². The van der Waals surface area contributed by atoms with Gasteiger partial charge in [-0.3, -0.25) is 0 Å². The molecule has 0 saturated carbocycles. The maximum absolute atomic E-state index is 10.7. The van der Waals surface area contributed by atoms with Gasteiger partial charge in [0.05, 0.1) is 12.7 Å². The minimum Gasteiger partial charge on any atom is -0.396 e. The summed E-state index contributed by atoms with van der Waals surface area (Å²) in [4.78, 5) is 0. The van der Waals surface area contributed by atoms with E-state index in [0.717, 1.165) is 16.7 Å². The highest BCUT2D eigenvalue weighted by molar-refractivity contribution is 5.47. The first-order valence-electron chi connectivity index (χ1n) is 10.4. The second-order valence-electron chi connectivity index (χ2n) is 7.55. The number of rotatable bonds is 11. The van der Waals surface area contributed by atoms with Crippen molar-refractivity contribution in [3.8, 4) is 0 Å². The van der Waals surface area contributed by atoms with E-state index < -0.39 is 11.7 Å². The summed E-state index contributed by atoms with van der Waals surface area (Å²) in [6.07, 6.45) is 2.19. The topological polar surface area (TPSA) is 49.7 Å². The largest absolute Gasteiger partial charge is 0.396 e. The molecule has 0 bridgehead atoms. The Kier molecular flexibility index (Phi) is 7.97. The normalized spacial score (nSPS) is 13.5. The van der Waals surface area contributed by atoms with Crippen LogP contribution in [0.2, 0.25) is 0 Å². The molecule has 2 atom stereocenters. The average Bonchev–Trinajstić information content (AvgIpc) is 2.81. The van der Waals surface area contributed by atoms with Gasteiger partial charge in [-0.2, -0.15) is 0 Å². The molecule has 0 fully saturated rings. The molecule has 3 nitrogen and oxygen atoms in total. The van der Waals surface area contributed by atoms with E-state index >= 15 is 0 Å². The highest BCUT2D eigenvalue weighted by Crippen LogP contribution is 2.40. The van der Waals surface area contributed by atoms with Crippen LogP contribution in [0.3, 0.4) is 0 Å². The van der Waals surface area contributed by atoms with Crippen LogP contribution in [0.25, 0.3) is 0 Å². The molecule has 0 aromatic heterocycles. The summed E-state index contributed by atoms with van der Waals surface area (Å²) < 4.78 is 6.62. The smallest absolute Gasteiger partial charge is 0.143 e. The van der Waals surface area contributed by atoms with Crippen LogP contribution >= 0.6 is 0 Å². The number of ether oxygens (including phenoxy) is 1. The van der Waals surface area contributed by atoms with E-state index in [1.54, 1.807) is 6.08 Å². The fourth-order valence-corrected chi connectivity index (χ4v) is 3.92. The summed E-state index contributed by atoms with van der Waals surface area (Å²) in [6.45, 7) is 3.90. The molecule has 0 aliphatic rings. The number of hydrogen-bond donors (Lipinski definition) is 2.